The molecule has 24 heavy (non-hydrogen) atoms. The summed E-state index contributed by atoms with van der Waals surface area (Å²) in [5.74, 6) is 0. The van der Waals surface area contributed by atoms with Gasteiger partial charge in [0.25, 0.3) is 0 Å². The van der Waals surface area contributed by atoms with Gasteiger partial charge in [-0.2, -0.15) is 13.2 Å². The molecule has 0 aromatic carbocycles. The van der Waals surface area contributed by atoms with Gasteiger partial charge in [0, 0.05) is 25.3 Å². The SMILES string of the molecule is C=C(C)N1CCN(CCC2(C(F)(F)F)CC2)C(CO)C1.CC.CC. The van der Waals surface area contributed by atoms with E-state index in [0.717, 1.165) is 12.2 Å². The standard InChI is InChI=1S/C14H23F3N2O.2C2H6/c1-11(2)19-8-7-18(12(9-19)10-20)6-5-13(3-4-13)14(15,16)17;2*1-2/h12,20H,1,3-10H2,2H3;2*1-2H3. The molecule has 1 heterocycles. The molecule has 1 aliphatic carbocycles. The van der Waals surface area contributed by atoms with Gasteiger partial charge in [0.1, 0.15) is 0 Å². The third-order valence-corrected chi connectivity index (χ3v) is 4.69. The van der Waals surface area contributed by atoms with Gasteiger partial charge in [0.15, 0.2) is 0 Å². The van der Waals surface area contributed by atoms with Crippen LogP contribution in [-0.4, -0.2) is 59.9 Å². The summed E-state index contributed by atoms with van der Waals surface area (Å²) in [6.45, 7) is 16.3. The third-order valence-electron chi connectivity index (χ3n) is 4.69. The predicted octanol–water partition coefficient (Wildman–Crippen LogP) is 4.28. The minimum absolute atomic E-state index is 0.0250. The summed E-state index contributed by atoms with van der Waals surface area (Å²) >= 11 is 0. The van der Waals surface area contributed by atoms with Crippen LogP contribution in [0.25, 0.3) is 0 Å². The van der Waals surface area contributed by atoms with Crippen molar-refractivity contribution in [3.8, 4) is 0 Å². The van der Waals surface area contributed by atoms with Crippen LogP contribution in [0.3, 0.4) is 0 Å². The lowest BCUT2D eigenvalue weighted by Crippen LogP contribution is -2.54. The van der Waals surface area contributed by atoms with E-state index in [1.807, 2.05) is 39.5 Å². The van der Waals surface area contributed by atoms with E-state index in [2.05, 4.69) is 11.5 Å². The predicted molar refractivity (Wildman–Crippen MR) is 93.9 cm³/mol. The molecule has 0 aromatic rings. The quantitative estimate of drug-likeness (QED) is 0.800. The van der Waals surface area contributed by atoms with Gasteiger partial charge in [-0.05, 0) is 32.7 Å². The summed E-state index contributed by atoms with van der Waals surface area (Å²) in [5.41, 5.74) is -0.504. The van der Waals surface area contributed by atoms with Crippen molar-refractivity contribution in [1.29, 1.82) is 0 Å². The lowest BCUT2D eigenvalue weighted by molar-refractivity contribution is -0.190. The van der Waals surface area contributed by atoms with Crippen LogP contribution in [0.4, 0.5) is 13.2 Å². The van der Waals surface area contributed by atoms with Crippen molar-refractivity contribution in [3.63, 3.8) is 0 Å². The number of hydrogen-bond donors (Lipinski definition) is 1. The Labute approximate surface area is 145 Å². The second kappa shape index (κ2) is 10.3. The monoisotopic (exact) mass is 352 g/mol. The highest BCUT2D eigenvalue weighted by Crippen LogP contribution is 2.60. The summed E-state index contributed by atoms with van der Waals surface area (Å²) in [7, 11) is 0. The zero-order valence-electron chi connectivity index (χ0n) is 15.9. The largest absolute Gasteiger partial charge is 0.395 e. The van der Waals surface area contributed by atoms with E-state index in [-0.39, 0.29) is 31.9 Å². The van der Waals surface area contributed by atoms with Crippen LogP contribution >= 0.6 is 0 Å². The molecule has 2 rings (SSSR count). The molecular weight excluding hydrogens is 317 g/mol. The van der Waals surface area contributed by atoms with Gasteiger partial charge in [-0.15, -0.1) is 0 Å². The summed E-state index contributed by atoms with van der Waals surface area (Å²) in [4.78, 5) is 4.07. The maximum Gasteiger partial charge on any atom is 0.394 e. The van der Waals surface area contributed by atoms with Crippen molar-refractivity contribution in [1.82, 2.24) is 9.80 Å². The smallest absolute Gasteiger partial charge is 0.394 e. The first-order valence-electron chi connectivity index (χ1n) is 9.11. The molecule has 1 N–H and O–H groups in total. The zero-order chi connectivity index (χ0) is 19.0. The Bertz CT molecular complexity index is 368. The maximum absolute atomic E-state index is 12.9. The Kier molecular flexibility index (Phi) is 9.97. The highest BCUT2D eigenvalue weighted by atomic mass is 19.4. The van der Waals surface area contributed by atoms with Crippen LogP contribution in [0.2, 0.25) is 0 Å². The van der Waals surface area contributed by atoms with E-state index in [0.29, 0.717) is 19.6 Å². The lowest BCUT2D eigenvalue weighted by atomic mass is 10.0. The molecule has 6 heteroatoms. The van der Waals surface area contributed by atoms with Crippen LogP contribution in [0.1, 0.15) is 53.9 Å². The molecule has 1 unspecified atom stereocenters. The summed E-state index contributed by atoms with van der Waals surface area (Å²) < 4.78 is 38.7. The first kappa shape index (κ1) is 23.2. The van der Waals surface area contributed by atoms with Gasteiger partial charge >= 0.3 is 6.18 Å². The highest BCUT2D eigenvalue weighted by molar-refractivity contribution is 5.01. The summed E-state index contributed by atoms with van der Waals surface area (Å²) in [6, 6.07) is -0.0931. The Morgan fingerprint density at radius 3 is 2.08 bits per heavy atom. The second-order valence-electron chi connectivity index (χ2n) is 6.08. The number of alkyl halides is 3. The third kappa shape index (κ3) is 5.96. The molecule has 0 aromatic heterocycles. The fourth-order valence-corrected chi connectivity index (χ4v) is 2.89. The molecule has 1 aliphatic heterocycles. The van der Waals surface area contributed by atoms with Crippen LogP contribution in [0.15, 0.2) is 12.3 Å². The summed E-state index contributed by atoms with van der Waals surface area (Å²) in [6.07, 6.45) is -3.42. The van der Waals surface area contributed by atoms with Crippen molar-refractivity contribution in [3.05, 3.63) is 12.3 Å². The number of allylic oxidation sites excluding steroid dienone is 1. The van der Waals surface area contributed by atoms with Crippen molar-refractivity contribution in [2.24, 2.45) is 5.41 Å². The highest BCUT2D eigenvalue weighted by Gasteiger charge is 2.62. The molecule has 144 valence electrons. The fourth-order valence-electron chi connectivity index (χ4n) is 2.89. The molecule has 0 amide bonds. The van der Waals surface area contributed by atoms with E-state index in [1.54, 1.807) is 0 Å². The number of nitrogens with zero attached hydrogens (tertiary/aromatic N) is 2. The molecule has 1 atom stereocenters. The van der Waals surface area contributed by atoms with Crippen molar-refractivity contribution in [2.45, 2.75) is 66.1 Å². The second-order valence-corrected chi connectivity index (χ2v) is 6.08. The Hall–Kier alpha value is -0.750. The number of aliphatic hydroxyl groups excluding tert-OH is 1. The Balaban J connectivity index is 0.00000123. The minimum atomic E-state index is -4.08. The van der Waals surface area contributed by atoms with Crippen molar-refractivity contribution >= 4 is 0 Å². The van der Waals surface area contributed by atoms with Gasteiger partial charge < -0.3 is 10.0 Å². The molecular formula is C18H35F3N2O. The first-order chi connectivity index (χ1) is 11.3. The minimum Gasteiger partial charge on any atom is -0.395 e. The van der Waals surface area contributed by atoms with E-state index in [4.69, 9.17) is 0 Å². The number of piperazine rings is 1. The number of halogens is 3. The maximum atomic E-state index is 12.9. The fraction of sp³-hybridized carbons (Fsp3) is 0.889. The molecule has 0 spiro atoms. The van der Waals surface area contributed by atoms with Crippen LogP contribution in [0.5, 0.6) is 0 Å². The molecule has 2 fully saturated rings. The summed E-state index contributed by atoms with van der Waals surface area (Å²) in [5, 5.41) is 9.45. The van der Waals surface area contributed by atoms with Crippen LogP contribution < -0.4 is 0 Å². The molecule has 1 saturated carbocycles. The topological polar surface area (TPSA) is 26.7 Å². The molecule has 3 nitrogen and oxygen atoms in total. The molecule has 1 saturated heterocycles. The van der Waals surface area contributed by atoms with Crippen LogP contribution in [0, 0.1) is 5.41 Å². The van der Waals surface area contributed by atoms with E-state index < -0.39 is 11.6 Å². The normalized spacial score (nSPS) is 22.7. The van der Waals surface area contributed by atoms with Gasteiger partial charge in [0.2, 0.25) is 0 Å². The van der Waals surface area contributed by atoms with Crippen LogP contribution in [-0.2, 0) is 0 Å². The molecule has 2 aliphatic rings. The van der Waals surface area contributed by atoms with Gasteiger partial charge in [-0.3, -0.25) is 4.90 Å². The number of aliphatic hydroxyl groups is 1. The van der Waals surface area contributed by atoms with Gasteiger partial charge in [0.05, 0.1) is 18.1 Å². The zero-order valence-corrected chi connectivity index (χ0v) is 15.9. The van der Waals surface area contributed by atoms with Gasteiger partial charge in [-0.1, -0.05) is 34.3 Å². The van der Waals surface area contributed by atoms with Crippen molar-refractivity contribution in [2.75, 3.05) is 32.8 Å². The first-order valence-corrected chi connectivity index (χ1v) is 9.11. The molecule has 0 radical (unpaired) electrons. The van der Waals surface area contributed by atoms with E-state index in [9.17, 15) is 18.3 Å². The molecule has 0 bridgehead atoms. The van der Waals surface area contributed by atoms with E-state index >= 15 is 0 Å². The number of hydrogen-bond acceptors (Lipinski definition) is 3. The van der Waals surface area contributed by atoms with E-state index in [1.165, 1.54) is 0 Å². The Morgan fingerprint density at radius 2 is 1.71 bits per heavy atom. The van der Waals surface area contributed by atoms with Gasteiger partial charge in [-0.25, -0.2) is 0 Å². The Morgan fingerprint density at radius 1 is 1.17 bits per heavy atom. The average Bonchev–Trinajstić information content (AvgIpc) is 3.37. The lowest BCUT2D eigenvalue weighted by Gasteiger charge is -2.42. The van der Waals surface area contributed by atoms with Crippen molar-refractivity contribution < 1.29 is 18.3 Å². The number of rotatable bonds is 5. The average molecular weight is 352 g/mol.